The standard InChI is InChI=1S/C19H17NO3S/c21-18(17-10-13-3-1-2-4-16(13)24-17)20-8-7-12-5-6-14(19(22)23)9-15(12)11-20/h1-6,9,17H,7-8,10-11H2,(H,22,23). The number of carbonyl (C=O) groups excluding carboxylic acids is 1. The summed E-state index contributed by atoms with van der Waals surface area (Å²) >= 11 is 1.64. The van der Waals surface area contributed by atoms with Gasteiger partial charge in [-0.2, -0.15) is 0 Å². The number of carbonyl (C=O) groups is 2. The lowest BCUT2D eigenvalue weighted by molar-refractivity contribution is -0.131. The van der Waals surface area contributed by atoms with Crippen LogP contribution in [0.2, 0.25) is 0 Å². The summed E-state index contributed by atoms with van der Waals surface area (Å²) in [5.41, 5.74) is 3.62. The SMILES string of the molecule is O=C(O)c1ccc2c(c1)CN(C(=O)C1Cc3ccccc3S1)CC2. The zero-order valence-corrected chi connectivity index (χ0v) is 13.9. The molecule has 0 fully saturated rings. The van der Waals surface area contributed by atoms with Crippen LogP contribution in [0.5, 0.6) is 0 Å². The van der Waals surface area contributed by atoms with Crippen LogP contribution in [0.3, 0.4) is 0 Å². The summed E-state index contributed by atoms with van der Waals surface area (Å²) in [5, 5.41) is 9.09. The van der Waals surface area contributed by atoms with Gasteiger partial charge in [0.15, 0.2) is 0 Å². The second-order valence-electron chi connectivity index (χ2n) is 6.22. The van der Waals surface area contributed by atoms with Gasteiger partial charge in [0, 0.05) is 18.0 Å². The average Bonchev–Trinajstić information content (AvgIpc) is 3.04. The highest BCUT2D eigenvalue weighted by atomic mass is 32.2. The molecule has 2 aromatic carbocycles. The quantitative estimate of drug-likeness (QED) is 0.914. The lowest BCUT2D eigenvalue weighted by Gasteiger charge is -2.30. The first-order chi connectivity index (χ1) is 11.6. The van der Waals surface area contributed by atoms with Gasteiger partial charge in [0.2, 0.25) is 5.91 Å². The predicted molar refractivity (Wildman–Crippen MR) is 92.3 cm³/mol. The highest BCUT2D eigenvalue weighted by Gasteiger charge is 2.32. The molecule has 1 unspecified atom stereocenters. The van der Waals surface area contributed by atoms with E-state index in [4.69, 9.17) is 5.11 Å². The molecule has 5 heteroatoms. The fraction of sp³-hybridized carbons (Fsp3) is 0.263. The molecule has 2 aliphatic heterocycles. The molecule has 0 spiro atoms. The Morgan fingerprint density at radius 1 is 1.08 bits per heavy atom. The van der Waals surface area contributed by atoms with Crippen LogP contribution in [0.4, 0.5) is 0 Å². The minimum Gasteiger partial charge on any atom is -0.478 e. The molecule has 1 N–H and O–H groups in total. The van der Waals surface area contributed by atoms with Gasteiger partial charge < -0.3 is 10.0 Å². The van der Waals surface area contributed by atoms with Gasteiger partial charge in [-0.15, -0.1) is 11.8 Å². The number of hydrogen-bond donors (Lipinski definition) is 1. The van der Waals surface area contributed by atoms with Gasteiger partial charge in [0.05, 0.1) is 10.8 Å². The molecule has 4 rings (SSSR count). The Kier molecular flexibility index (Phi) is 3.81. The van der Waals surface area contributed by atoms with E-state index in [1.54, 1.807) is 23.9 Å². The van der Waals surface area contributed by atoms with Crippen LogP contribution in [-0.2, 0) is 24.2 Å². The number of carboxylic acids is 1. The van der Waals surface area contributed by atoms with Crippen molar-refractivity contribution in [3.63, 3.8) is 0 Å². The predicted octanol–water partition coefficient (Wildman–Crippen LogP) is 2.99. The fourth-order valence-corrected chi connectivity index (χ4v) is 4.68. The zero-order chi connectivity index (χ0) is 16.7. The van der Waals surface area contributed by atoms with E-state index in [2.05, 4.69) is 12.1 Å². The van der Waals surface area contributed by atoms with E-state index >= 15 is 0 Å². The van der Waals surface area contributed by atoms with Gasteiger partial charge in [-0.3, -0.25) is 4.79 Å². The molecule has 2 aliphatic rings. The van der Waals surface area contributed by atoms with Gasteiger partial charge >= 0.3 is 5.97 Å². The molecule has 0 aliphatic carbocycles. The van der Waals surface area contributed by atoms with Crippen molar-refractivity contribution in [1.29, 1.82) is 0 Å². The molecular weight excluding hydrogens is 322 g/mol. The Bertz CT molecular complexity index is 808. The van der Waals surface area contributed by atoms with Crippen LogP contribution in [0.15, 0.2) is 47.4 Å². The van der Waals surface area contributed by atoms with Crippen molar-refractivity contribution >= 4 is 23.6 Å². The Balaban J connectivity index is 1.51. The summed E-state index contributed by atoms with van der Waals surface area (Å²) < 4.78 is 0. The van der Waals surface area contributed by atoms with Crippen LogP contribution in [0, 0.1) is 0 Å². The fourth-order valence-electron chi connectivity index (χ4n) is 3.40. The maximum absolute atomic E-state index is 12.9. The molecule has 0 bridgehead atoms. The number of thioether (sulfide) groups is 1. The van der Waals surface area contributed by atoms with Crippen molar-refractivity contribution in [2.45, 2.75) is 29.5 Å². The third-order valence-corrected chi connectivity index (χ3v) is 6.00. The Labute approximate surface area is 144 Å². The molecular formula is C19H17NO3S. The number of amides is 1. The number of benzene rings is 2. The Morgan fingerprint density at radius 2 is 1.92 bits per heavy atom. The molecule has 0 aromatic heterocycles. The smallest absolute Gasteiger partial charge is 0.335 e. The molecule has 2 heterocycles. The molecule has 0 radical (unpaired) electrons. The van der Waals surface area contributed by atoms with Crippen molar-refractivity contribution < 1.29 is 14.7 Å². The Morgan fingerprint density at radius 3 is 2.71 bits per heavy atom. The molecule has 2 aromatic rings. The van der Waals surface area contributed by atoms with E-state index in [9.17, 15) is 9.59 Å². The van der Waals surface area contributed by atoms with E-state index in [0.717, 1.165) is 24.0 Å². The minimum atomic E-state index is -0.928. The highest BCUT2D eigenvalue weighted by molar-refractivity contribution is 8.01. The van der Waals surface area contributed by atoms with Crippen molar-refractivity contribution in [3.8, 4) is 0 Å². The third-order valence-electron chi connectivity index (χ3n) is 4.70. The minimum absolute atomic E-state index is 0.0633. The lowest BCUT2D eigenvalue weighted by atomic mass is 9.97. The van der Waals surface area contributed by atoms with Crippen LogP contribution in [0.1, 0.15) is 27.0 Å². The molecule has 0 saturated carbocycles. The summed E-state index contributed by atoms with van der Waals surface area (Å²) in [4.78, 5) is 27.1. The van der Waals surface area contributed by atoms with Crippen molar-refractivity contribution in [2.24, 2.45) is 0 Å². The second kappa shape index (κ2) is 5.98. The number of hydrogen-bond acceptors (Lipinski definition) is 3. The van der Waals surface area contributed by atoms with E-state index in [1.807, 2.05) is 23.1 Å². The molecule has 122 valence electrons. The van der Waals surface area contributed by atoms with Crippen molar-refractivity contribution in [3.05, 3.63) is 64.7 Å². The van der Waals surface area contributed by atoms with Gasteiger partial charge in [-0.1, -0.05) is 24.3 Å². The second-order valence-corrected chi connectivity index (χ2v) is 7.46. The number of fused-ring (bicyclic) bond motifs is 2. The first-order valence-corrected chi connectivity index (χ1v) is 8.88. The monoisotopic (exact) mass is 339 g/mol. The summed E-state index contributed by atoms with van der Waals surface area (Å²) in [7, 11) is 0. The van der Waals surface area contributed by atoms with Gasteiger partial charge in [-0.25, -0.2) is 4.79 Å². The highest BCUT2D eigenvalue weighted by Crippen LogP contribution is 2.38. The van der Waals surface area contributed by atoms with Crippen molar-refractivity contribution in [1.82, 2.24) is 4.90 Å². The number of nitrogens with zero attached hydrogens (tertiary/aromatic N) is 1. The van der Waals surface area contributed by atoms with Crippen molar-refractivity contribution in [2.75, 3.05) is 6.54 Å². The largest absolute Gasteiger partial charge is 0.478 e. The average molecular weight is 339 g/mol. The van der Waals surface area contributed by atoms with Crippen LogP contribution < -0.4 is 0 Å². The third kappa shape index (κ3) is 2.69. The number of carboxylic acid groups (broad SMARTS) is 1. The van der Waals surface area contributed by atoms with Gasteiger partial charge in [0.1, 0.15) is 0 Å². The maximum Gasteiger partial charge on any atom is 0.335 e. The molecule has 24 heavy (non-hydrogen) atoms. The van der Waals surface area contributed by atoms with Crippen LogP contribution in [0.25, 0.3) is 0 Å². The lowest BCUT2D eigenvalue weighted by Crippen LogP contribution is -2.41. The molecule has 0 saturated heterocycles. The van der Waals surface area contributed by atoms with E-state index in [-0.39, 0.29) is 16.7 Å². The van der Waals surface area contributed by atoms with Gasteiger partial charge in [0.25, 0.3) is 0 Å². The topological polar surface area (TPSA) is 57.6 Å². The van der Waals surface area contributed by atoms with E-state index in [0.29, 0.717) is 13.1 Å². The Hall–Kier alpha value is -2.27. The van der Waals surface area contributed by atoms with E-state index < -0.39 is 5.97 Å². The maximum atomic E-state index is 12.9. The zero-order valence-electron chi connectivity index (χ0n) is 13.1. The summed E-state index contributed by atoms with van der Waals surface area (Å²) in [5.74, 6) is -0.773. The number of rotatable bonds is 2. The summed E-state index contributed by atoms with van der Waals surface area (Å²) in [6.07, 6.45) is 1.56. The van der Waals surface area contributed by atoms with Crippen LogP contribution >= 0.6 is 11.8 Å². The molecule has 4 nitrogen and oxygen atoms in total. The first kappa shape index (κ1) is 15.3. The summed E-state index contributed by atoms with van der Waals surface area (Å²) in [6, 6.07) is 13.4. The first-order valence-electron chi connectivity index (χ1n) is 8.00. The molecule has 1 amide bonds. The summed E-state index contributed by atoms with van der Waals surface area (Å²) in [6.45, 7) is 1.20. The van der Waals surface area contributed by atoms with E-state index in [1.165, 1.54) is 10.5 Å². The number of aromatic carboxylic acids is 1. The van der Waals surface area contributed by atoms with Gasteiger partial charge in [-0.05, 0) is 47.7 Å². The van der Waals surface area contributed by atoms with Crippen LogP contribution in [-0.4, -0.2) is 33.7 Å². The molecule has 1 atom stereocenters. The normalized spacial score (nSPS) is 18.8.